The first kappa shape index (κ1) is 22.7. The molecule has 0 spiro atoms. The third-order valence-electron chi connectivity index (χ3n) is 5.20. The van der Waals surface area contributed by atoms with E-state index >= 15 is 0 Å². The number of aromatic nitrogens is 2. The first-order valence-electron chi connectivity index (χ1n) is 10.7. The Bertz CT molecular complexity index is 1310. The molecule has 4 rings (SSSR count). The molecule has 0 unspecified atom stereocenters. The monoisotopic (exact) mass is 466 g/mol. The molecule has 1 saturated carbocycles. The fourth-order valence-electron chi connectivity index (χ4n) is 3.52. The second kappa shape index (κ2) is 8.82. The van der Waals surface area contributed by atoms with E-state index in [0.717, 1.165) is 29.5 Å². The second-order valence-corrected chi connectivity index (χ2v) is 9.98. The lowest BCUT2D eigenvalue weighted by atomic mass is 10.1. The molecule has 9 heteroatoms. The summed E-state index contributed by atoms with van der Waals surface area (Å²) in [6, 6.07) is 12.0. The molecular formula is C24H26N4O4S. The van der Waals surface area contributed by atoms with Gasteiger partial charge < -0.3 is 10.1 Å². The number of sulfonamides is 1. The molecule has 2 heterocycles. The van der Waals surface area contributed by atoms with Gasteiger partial charge in [0.15, 0.2) is 5.03 Å². The Balaban J connectivity index is 1.61. The molecule has 0 atom stereocenters. The summed E-state index contributed by atoms with van der Waals surface area (Å²) >= 11 is 0. The summed E-state index contributed by atoms with van der Waals surface area (Å²) in [5.41, 5.74) is 3.51. The highest BCUT2D eigenvalue weighted by Gasteiger charge is 2.26. The number of rotatable bonds is 7. The van der Waals surface area contributed by atoms with E-state index in [1.165, 1.54) is 12.1 Å². The molecule has 0 aliphatic heterocycles. The van der Waals surface area contributed by atoms with Crippen LogP contribution in [0.25, 0.3) is 0 Å². The largest absolute Gasteiger partial charge is 0.438 e. The number of hydrogen-bond donors (Lipinski definition) is 2. The number of nitrogens with zero attached hydrogens (tertiary/aromatic N) is 2. The van der Waals surface area contributed by atoms with E-state index in [9.17, 15) is 13.2 Å². The van der Waals surface area contributed by atoms with Crippen LogP contribution < -0.4 is 14.8 Å². The standard InChI is InChI=1S/C24H26N4O4S/c1-14-12-15(2)22(16(3)13-14)32-24-19(11-8-17(4)25-24)23(29)28-33(30,31)21-7-5-6-20(27-21)26-18-9-10-18/h5-8,11-13,18H,9-10H2,1-4H3,(H,26,27)(H,28,29). The summed E-state index contributed by atoms with van der Waals surface area (Å²) in [5, 5.41) is 2.91. The molecule has 172 valence electrons. The van der Waals surface area contributed by atoms with Crippen LogP contribution in [0.4, 0.5) is 5.82 Å². The van der Waals surface area contributed by atoms with Crippen molar-refractivity contribution in [3.63, 3.8) is 0 Å². The fraction of sp³-hybridized carbons (Fsp3) is 0.292. The number of hydrogen-bond acceptors (Lipinski definition) is 7. The third-order valence-corrected chi connectivity index (χ3v) is 6.43. The Morgan fingerprint density at radius 3 is 2.36 bits per heavy atom. The van der Waals surface area contributed by atoms with Gasteiger partial charge in [-0.15, -0.1) is 0 Å². The zero-order valence-corrected chi connectivity index (χ0v) is 19.8. The molecule has 2 aromatic heterocycles. The van der Waals surface area contributed by atoms with Crippen molar-refractivity contribution in [2.45, 2.75) is 51.6 Å². The average molecular weight is 467 g/mol. The molecule has 0 radical (unpaired) electrons. The van der Waals surface area contributed by atoms with Gasteiger partial charge in [0.2, 0.25) is 5.88 Å². The fourth-order valence-corrected chi connectivity index (χ4v) is 4.45. The first-order valence-corrected chi connectivity index (χ1v) is 12.1. The molecular weight excluding hydrogens is 440 g/mol. The van der Waals surface area contributed by atoms with E-state index in [2.05, 4.69) is 20.0 Å². The summed E-state index contributed by atoms with van der Waals surface area (Å²) in [6.07, 6.45) is 2.05. The summed E-state index contributed by atoms with van der Waals surface area (Å²) in [6.45, 7) is 7.57. The van der Waals surface area contributed by atoms with Crippen LogP contribution in [0.5, 0.6) is 11.6 Å². The number of pyridine rings is 2. The van der Waals surface area contributed by atoms with Gasteiger partial charge in [-0.1, -0.05) is 23.8 Å². The maximum atomic E-state index is 13.0. The van der Waals surface area contributed by atoms with Gasteiger partial charge in [-0.05, 0) is 75.9 Å². The number of ether oxygens (including phenoxy) is 1. The minimum absolute atomic E-state index is 0.0100. The van der Waals surface area contributed by atoms with Gasteiger partial charge in [-0.25, -0.2) is 14.7 Å². The van der Waals surface area contributed by atoms with E-state index in [0.29, 0.717) is 23.3 Å². The van der Waals surface area contributed by atoms with Crippen LogP contribution >= 0.6 is 0 Å². The van der Waals surface area contributed by atoms with Gasteiger partial charge >= 0.3 is 0 Å². The molecule has 2 N–H and O–H groups in total. The smallest absolute Gasteiger partial charge is 0.281 e. The minimum Gasteiger partial charge on any atom is -0.438 e. The van der Waals surface area contributed by atoms with Crippen LogP contribution in [0.3, 0.4) is 0 Å². The van der Waals surface area contributed by atoms with Crippen molar-refractivity contribution in [1.82, 2.24) is 14.7 Å². The molecule has 1 aliphatic rings. The third kappa shape index (κ3) is 5.31. The number of amides is 1. The van der Waals surface area contributed by atoms with E-state index in [1.807, 2.05) is 32.9 Å². The number of carbonyl (C=O) groups is 1. The Labute approximate surface area is 193 Å². The summed E-state index contributed by atoms with van der Waals surface area (Å²) in [4.78, 5) is 21.5. The van der Waals surface area contributed by atoms with Crippen LogP contribution in [0.15, 0.2) is 47.5 Å². The number of nitrogens with one attached hydrogen (secondary N) is 2. The van der Waals surface area contributed by atoms with Crippen LogP contribution in [0.2, 0.25) is 0 Å². The number of anilines is 1. The lowest BCUT2D eigenvalue weighted by Crippen LogP contribution is -2.31. The molecule has 3 aromatic rings. The molecule has 1 amide bonds. The van der Waals surface area contributed by atoms with Crippen molar-refractivity contribution in [2.75, 3.05) is 5.32 Å². The maximum Gasteiger partial charge on any atom is 0.281 e. The van der Waals surface area contributed by atoms with Crippen LogP contribution in [0.1, 0.15) is 45.6 Å². The van der Waals surface area contributed by atoms with Crippen molar-refractivity contribution < 1.29 is 17.9 Å². The van der Waals surface area contributed by atoms with Crippen LogP contribution in [-0.2, 0) is 10.0 Å². The average Bonchev–Trinajstić information content (AvgIpc) is 3.54. The second-order valence-electron chi connectivity index (χ2n) is 8.35. The number of aryl methyl sites for hydroxylation is 4. The highest BCUT2D eigenvalue weighted by molar-refractivity contribution is 7.90. The van der Waals surface area contributed by atoms with Crippen molar-refractivity contribution >= 4 is 21.7 Å². The zero-order chi connectivity index (χ0) is 23.8. The van der Waals surface area contributed by atoms with Crippen molar-refractivity contribution in [3.8, 4) is 11.6 Å². The molecule has 33 heavy (non-hydrogen) atoms. The van der Waals surface area contributed by atoms with Gasteiger partial charge in [0, 0.05) is 11.7 Å². The lowest BCUT2D eigenvalue weighted by Gasteiger charge is -2.15. The van der Waals surface area contributed by atoms with Crippen molar-refractivity contribution in [1.29, 1.82) is 0 Å². The maximum absolute atomic E-state index is 13.0. The zero-order valence-electron chi connectivity index (χ0n) is 19.0. The van der Waals surface area contributed by atoms with Crippen molar-refractivity contribution in [2.24, 2.45) is 0 Å². The molecule has 0 saturated heterocycles. The highest BCUT2D eigenvalue weighted by atomic mass is 32.2. The van der Waals surface area contributed by atoms with Gasteiger partial charge in [-0.2, -0.15) is 8.42 Å². The van der Waals surface area contributed by atoms with Crippen LogP contribution in [0, 0.1) is 27.7 Å². The Morgan fingerprint density at radius 1 is 1.00 bits per heavy atom. The molecule has 1 fully saturated rings. The highest BCUT2D eigenvalue weighted by Crippen LogP contribution is 2.31. The van der Waals surface area contributed by atoms with E-state index in [-0.39, 0.29) is 16.5 Å². The van der Waals surface area contributed by atoms with Gasteiger partial charge in [-0.3, -0.25) is 4.79 Å². The van der Waals surface area contributed by atoms with Crippen molar-refractivity contribution in [3.05, 3.63) is 70.4 Å². The normalized spacial score (nSPS) is 13.5. The Kier molecular flexibility index (Phi) is 6.07. The van der Waals surface area contributed by atoms with Gasteiger partial charge in [0.05, 0.1) is 0 Å². The molecule has 1 aliphatic carbocycles. The Hall–Kier alpha value is -3.46. The summed E-state index contributed by atoms with van der Waals surface area (Å²) in [5.74, 6) is 0.229. The summed E-state index contributed by atoms with van der Waals surface area (Å²) < 4.78 is 33.9. The minimum atomic E-state index is -4.20. The van der Waals surface area contributed by atoms with E-state index < -0.39 is 15.9 Å². The van der Waals surface area contributed by atoms with Crippen LogP contribution in [-0.4, -0.2) is 30.3 Å². The van der Waals surface area contributed by atoms with E-state index in [4.69, 9.17) is 4.74 Å². The predicted molar refractivity (Wildman–Crippen MR) is 125 cm³/mol. The van der Waals surface area contributed by atoms with Gasteiger partial charge in [0.1, 0.15) is 17.1 Å². The lowest BCUT2D eigenvalue weighted by molar-refractivity contribution is 0.0978. The topological polar surface area (TPSA) is 110 Å². The van der Waals surface area contributed by atoms with Gasteiger partial charge in [0.25, 0.3) is 15.9 Å². The predicted octanol–water partition coefficient (Wildman–Crippen LogP) is 4.20. The number of benzene rings is 1. The molecule has 1 aromatic carbocycles. The first-order chi connectivity index (χ1) is 15.6. The molecule has 0 bridgehead atoms. The molecule has 8 nitrogen and oxygen atoms in total. The Morgan fingerprint density at radius 2 is 1.70 bits per heavy atom. The SMILES string of the molecule is Cc1cc(C)c(Oc2nc(C)ccc2C(=O)NS(=O)(=O)c2cccc(NC3CC3)n2)c(C)c1. The quantitative estimate of drug-likeness (QED) is 0.537. The number of carbonyl (C=O) groups excluding carboxylic acids is 1. The summed E-state index contributed by atoms with van der Waals surface area (Å²) in [7, 11) is -4.20. The van der Waals surface area contributed by atoms with E-state index in [1.54, 1.807) is 25.1 Å².